The van der Waals surface area contributed by atoms with Crippen molar-refractivity contribution in [2.75, 3.05) is 11.4 Å². The van der Waals surface area contributed by atoms with Crippen LogP contribution in [0.1, 0.15) is 20.3 Å². The lowest BCUT2D eigenvalue weighted by Crippen LogP contribution is -2.30. The first-order chi connectivity index (χ1) is 9.23. The molecule has 1 aromatic carbocycles. The Morgan fingerprint density at radius 1 is 1.40 bits per heavy atom. The normalized spacial score (nSPS) is 23.1. The van der Waals surface area contributed by atoms with Crippen molar-refractivity contribution in [2.45, 2.75) is 31.2 Å². The first-order valence-electron chi connectivity index (χ1n) is 6.30. The molecule has 2 atom stereocenters. The molecule has 1 aromatic rings. The van der Waals surface area contributed by atoms with Crippen LogP contribution in [0.3, 0.4) is 0 Å². The van der Waals surface area contributed by atoms with E-state index in [4.69, 9.17) is 5.14 Å². The summed E-state index contributed by atoms with van der Waals surface area (Å²) in [6, 6.07) is 4.34. The zero-order valence-electron chi connectivity index (χ0n) is 11.3. The fraction of sp³-hybridized carbons (Fsp3) is 0.500. The molecule has 0 aromatic heterocycles. The fourth-order valence-electron chi connectivity index (χ4n) is 2.59. The minimum absolute atomic E-state index is 0.115. The van der Waals surface area contributed by atoms with Gasteiger partial charge in [0, 0.05) is 12.6 Å². The number of hydrogen-bond acceptors (Lipinski definition) is 5. The number of benzene rings is 1. The Hall–Kier alpha value is -1.67. The minimum atomic E-state index is -4.13. The van der Waals surface area contributed by atoms with Gasteiger partial charge < -0.3 is 4.90 Å². The summed E-state index contributed by atoms with van der Waals surface area (Å²) in [5.74, 6) is 0.396. The number of sulfonamides is 1. The van der Waals surface area contributed by atoms with Crippen LogP contribution in [0.15, 0.2) is 23.1 Å². The van der Waals surface area contributed by atoms with Gasteiger partial charge in [-0.15, -0.1) is 0 Å². The molecule has 0 aliphatic carbocycles. The van der Waals surface area contributed by atoms with E-state index in [2.05, 4.69) is 6.92 Å². The van der Waals surface area contributed by atoms with Crippen molar-refractivity contribution in [2.24, 2.45) is 11.1 Å². The zero-order valence-corrected chi connectivity index (χ0v) is 12.1. The molecule has 0 radical (unpaired) electrons. The van der Waals surface area contributed by atoms with E-state index in [1.54, 1.807) is 6.07 Å². The second-order valence-corrected chi connectivity index (χ2v) is 6.66. The number of nitro benzene ring substituents is 1. The van der Waals surface area contributed by atoms with Crippen molar-refractivity contribution in [3.63, 3.8) is 0 Å². The quantitative estimate of drug-likeness (QED) is 0.672. The topological polar surface area (TPSA) is 107 Å². The molecule has 20 heavy (non-hydrogen) atoms. The molecular weight excluding hydrogens is 282 g/mol. The highest BCUT2D eigenvalue weighted by Gasteiger charge is 2.35. The molecule has 0 spiro atoms. The molecule has 1 aliphatic heterocycles. The molecule has 1 aliphatic rings. The number of primary sulfonamides is 1. The van der Waals surface area contributed by atoms with Crippen molar-refractivity contribution in [3.05, 3.63) is 28.3 Å². The van der Waals surface area contributed by atoms with Crippen LogP contribution in [-0.2, 0) is 10.0 Å². The summed E-state index contributed by atoms with van der Waals surface area (Å²) in [6.07, 6.45) is 0.915. The third kappa shape index (κ3) is 2.48. The first-order valence-corrected chi connectivity index (χ1v) is 7.85. The molecule has 2 N–H and O–H groups in total. The van der Waals surface area contributed by atoms with Crippen LogP contribution in [0.2, 0.25) is 0 Å². The van der Waals surface area contributed by atoms with Crippen LogP contribution >= 0.6 is 0 Å². The van der Waals surface area contributed by atoms with E-state index in [0.29, 0.717) is 18.2 Å². The van der Waals surface area contributed by atoms with E-state index in [9.17, 15) is 18.5 Å². The summed E-state index contributed by atoms with van der Waals surface area (Å²) in [7, 11) is -4.13. The average molecular weight is 299 g/mol. The average Bonchev–Trinajstić information content (AvgIpc) is 2.68. The van der Waals surface area contributed by atoms with E-state index in [1.165, 1.54) is 12.1 Å². The Balaban J connectivity index is 2.63. The van der Waals surface area contributed by atoms with Crippen molar-refractivity contribution < 1.29 is 13.3 Å². The largest absolute Gasteiger partial charge is 0.363 e. The highest BCUT2D eigenvalue weighted by Crippen LogP contribution is 2.38. The second kappa shape index (κ2) is 5.02. The van der Waals surface area contributed by atoms with Crippen molar-refractivity contribution in [1.82, 2.24) is 0 Å². The second-order valence-electron chi connectivity index (χ2n) is 5.13. The maximum atomic E-state index is 11.5. The van der Waals surface area contributed by atoms with E-state index in [1.807, 2.05) is 11.8 Å². The van der Waals surface area contributed by atoms with Gasteiger partial charge in [0.1, 0.15) is 5.69 Å². The van der Waals surface area contributed by atoms with E-state index < -0.39 is 25.5 Å². The molecule has 1 fully saturated rings. The predicted octanol–water partition coefficient (Wildman–Crippen LogP) is 1.48. The lowest BCUT2D eigenvalue weighted by molar-refractivity contribution is -0.387. The van der Waals surface area contributed by atoms with Gasteiger partial charge >= 0.3 is 5.69 Å². The lowest BCUT2D eigenvalue weighted by atomic mass is 10.0. The highest BCUT2D eigenvalue weighted by molar-refractivity contribution is 7.89. The van der Waals surface area contributed by atoms with Crippen LogP contribution in [0.25, 0.3) is 0 Å². The van der Waals surface area contributed by atoms with Gasteiger partial charge in [-0.1, -0.05) is 13.0 Å². The van der Waals surface area contributed by atoms with Gasteiger partial charge in [-0.25, -0.2) is 13.6 Å². The maximum Gasteiger partial charge on any atom is 0.312 e. The molecule has 1 saturated heterocycles. The highest BCUT2D eigenvalue weighted by atomic mass is 32.2. The van der Waals surface area contributed by atoms with Crippen LogP contribution in [0, 0.1) is 16.0 Å². The van der Waals surface area contributed by atoms with E-state index in [-0.39, 0.29) is 6.04 Å². The molecule has 0 amide bonds. The number of rotatable bonds is 3. The summed E-state index contributed by atoms with van der Waals surface area (Å²) < 4.78 is 23.1. The summed E-state index contributed by atoms with van der Waals surface area (Å²) in [5, 5.41) is 16.4. The monoisotopic (exact) mass is 299 g/mol. The molecule has 0 unspecified atom stereocenters. The number of nitrogens with zero attached hydrogens (tertiary/aromatic N) is 2. The predicted molar refractivity (Wildman–Crippen MR) is 75.1 cm³/mol. The number of nitrogens with two attached hydrogens (primary N) is 1. The van der Waals surface area contributed by atoms with Crippen LogP contribution < -0.4 is 10.0 Å². The first kappa shape index (κ1) is 14.7. The SMILES string of the molecule is C[C@@H]1CCN(c2cccc(S(N)(=O)=O)c2[N+](=O)[O-])[C@@H]1C. The lowest BCUT2D eigenvalue weighted by Gasteiger charge is -2.25. The molecule has 2 rings (SSSR count). The van der Waals surface area contributed by atoms with Gasteiger partial charge in [-0.2, -0.15) is 0 Å². The van der Waals surface area contributed by atoms with E-state index >= 15 is 0 Å². The molecule has 110 valence electrons. The molecule has 0 bridgehead atoms. The van der Waals surface area contributed by atoms with Crippen molar-refractivity contribution in [3.8, 4) is 0 Å². The van der Waals surface area contributed by atoms with Gasteiger partial charge in [-0.3, -0.25) is 10.1 Å². The molecule has 1 heterocycles. The van der Waals surface area contributed by atoms with E-state index in [0.717, 1.165) is 6.42 Å². The molecule has 0 saturated carbocycles. The Bertz CT molecular complexity index is 644. The third-order valence-corrected chi connectivity index (χ3v) is 4.86. The summed E-state index contributed by atoms with van der Waals surface area (Å²) in [5.41, 5.74) is -0.116. The number of nitro groups is 1. The van der Waals surface area contributed by atoms with Gasteiger partial charge in [0.2, 0.25) is 10.0 Å². The standard InChI is InChI=1S/C12H17N3O4S/c1-8-6-7-14(9(8)2)10-4-3-5-11(20(13,18)19)12(10)15(16)17/h3-5,8-9H,6-7H2,1-2H3,(H2,13,18,19)/t8-,9-/m1/s1. The molecule has 8 heteroatoms. The number of anilines is 1. The molecular formula is C12H17N3O4S. The zero-order chi connectivity index (χ0) is 15.1. The van der Waals surface area contributed by atoms with Gasteiger partial charge in [0.25, 0.3) is 0 Å². The van der Waals surface area contributed by atoms with Crippen molar-refractivity contribution >= 4 is 21.4 Å². The van der Waals surface area contributed by atoms with Crippen LogP contribution in [0.5, 0.6) is 0 Å². The smallest absolute Gasteiger partial charge is 0.312 e. The Morgan fingerprint density at radius 3 is 2.50 bits per heavy atom. The van der Waals surface area contributed by atoms with Crippen LogP contribution in [-0.4, -0.2) is 25.9 Å². The fourth-order valence-corrected chi connectivity index (χ4v) is 3.31. The Labute approximate surface area is 117 Å². The van der Waals surface area contributed by atoms with Crippen molar-refractivity contribution in [1.29, 1.82) is 0 Å². The van der Waals surface area contributed by atoms with Gasteiger partial charge in [0.15, 0.2) is 4.90 Å². The summed E-state index contributed by atoms with van der Waals surface area (Å²) >= 11 is 0. The molecule has 7 nitrogen and oxygen atoms in total. The number of para-hydroxylation sites is 1. The summed E-state index contributed by atoms with van der Waals surface area (Å²) in [4.78, 5) is 12.1. The van der Waals surface area contributed by atoms with Gasteiger partial charge in [-0.05, 0) is 31.4 Å². The van der Waals surface area contributed by atoms with Crippen LogP contribution in [0.4, 0.5) is 11.4 Å². The Kier molecular flexibility index (Phi) is 3.70. The Morgan fingerprint density at radius 2 is 2.05 bits per heavy atom. The third-order valence-electron chi connectivity index (χ3n) is 3.92. The number of hydrogen-bond donors (Lipinski definition) is 1. The summed E-state index contributed by atoms with van der Waals surface area (Å²) in [6.45, 7) is 4.71. The van der Waals surface area contributed by atoms with Gasteiger partial charge in [0.05, 0.1) is 4.92 Å². The minimum Gasteiger partial charge on any atom is -0.363 e. The maximum absolute atomic E-state index is 11.5.